The quantitative estimate of drug-likeness (QED) is 0.709. The first-order valence-corrected chi connectivity index (χ1v) is 5.34. The second-order valence-corrected chi connectivity index (χ2v) is 4.02. The summed E-state index contributed by atoms with van der Waals surface area (Å²) in [5, 5.41) is 0. The number of nitrogens with zero attached hydrogens (tertiary/aromatic N) is 1. The van der Waals surface area contributed by atoms with Crippen molar-refractivity contribution in [2.75, 3.05) is 18.8 Å². The number of hydrogen-bond donors (Lipinski definition) is 1. The molecule has 1 amide bonds. The van der Waals surface area contributed by atoms with Crippen molar-refractivity contribution in [3.63, 3.8) is 0 Å². The molecule has 0 aliphatic carbocycles. The average molecular weight is 204 g/mol. The molecule has 3 nitrogen and oxygen atoms in total. The number of amides is 1. The number of hydrogen-bond acceptors (Lipinski definition) is 2. The lowest BCUT2D eigenvalue weighted by atomic mass is 10.1. The molecule has 3 heteroatoms. The van der Waals surface area contributed by atoms with E-state index in [2.05, 4.69) is 0 Å². The molecule has 0 atom stereocenters. The number of nitrogen functional groups attached to an aromatic ring is 1. The normalized spacial score (nSPS) is 15.7. The highest BCUT2D eigenvalue weighted by molar-refractivity contribution is 5.97. The van der Waals surface area contributed by atoms with Crippen molar-refractivity contribution in [1.82, 2.24) is 4.90 Å². The monoisotopic (exact) mass is 204 g/mol. The standard InChI is InChI=1S/C12H16N2O/c1-9-10(5-4-6-11(9)13)12(15)14-7-2-3-8-14/h4-6H,2-3,7-8,13H2,1H3. The molecule has 1 aromatic carbocycles. The molecule has 1 fully saturated rings. The Morgan fingerprint density at radius 1 is 1.33 bits per heavy atom. The van der Waals surface area contributed by atoms with E-state index < -0.39 is 0 Å². The van der Waals surface area contributed by atoms with Crippen molar-refractivity contribution in [1.29, 1.82) is 0 Å². The molecule has 0 saturated carbocycles. The van der Waals surface area contributed by atoms with Crippen LogP contribution in [0.15, 0.2) is 18.2 Å². The summed E-state index contributed by atoms with van der Waals surface area (Å²) in [4.78, 5) is 14.0. The van der Waals surface area contributed by atoms with Gasteiger partial charge in [0.05, 0.1) is 0 Å². The van der Waals surface area contributed by atoms with Crippen molar-refractivity contribution in [3.05, 3.63) is 29.3 Å². The van der Waals surface area contributed by atoms with Gasteiger partial charge in [-0.2, -0.15) is 0 Å². The van der Waals surface area contributed by atoms with Crippen molar-refractivity contribution in [3.8, 4) is 0 Å². The van der Waals surface area contributed by atoms with Gasteiger partial charge in [0.25, 0.3) is 5.91 Å². The van der Waals surface area contributed by atoms with Crippen molar-refractivity contribution in [2.45, 2.75) is 19.8 Å². The van der Waals surface area contributed by atoms with E-state index in [9.17, 15) is 4.79 Å². The van der Waals surface area contributed by atoms with Crippen LogP contribution in [-0.4, -0.2) is 23.9 Å². The summed E-state index contributed by atoms with van der Waals surface area (Å²) in [6, 6.07) is 5.52. The lowest BCUT2D eigenvalue weighted by molar-refractivity contribution is 0.0792. The van der Waals surface area contributed by atoms with Crippen molar-refractivity contribution < 1.29 is 4.79 Å². The summed E-state index contributed by atoms with van der Waals surface area (Å²) in [6.45, 7) is 3.67. The molecule has 0 aromatic heterocycles. The molecule has 0 spiro atoms. The summed E-state index contributed by atoms with van der Waals surface area (Å²) in [5.74, 6) is 0.123. The number of nitrogens with two attached hydrogens (primary N) is 1. The van der Waals surface area contributed by atoms with Gasteiger partial charge < -0.3 is 10.6 Å². The Morgan fingerprint density at radius 3 is 2.67 bits per heavy atom. The molecule has 0 unspecified atom stereocenters. The van der Waals surface area contributed by atoms with Crippen molar-refractivity contribution >= 4 is 11.6 Å². The molecule has 1 heterocycles. The average Bonchev–Trinajstić information content (AvgIpc) is 2.74. The number of rotatable bonds is 1. The SMILES string of the molecule is Cc1c(N)cccc1C(=O)N1CCCC1. The van der Waals surface area contributed by atoms with E-state index in [0.717, 1.165) is 37.1 Å². The fraction of sp³-hybridized carbons (Fsp3) is 0.417. The summed E-state index contributed by atoms with van der Waals surface area (Å²) < 4.78 is 0. The zero-order valence-electron chi connectivity index (χ0n) is 8.99. The zero-order chi connectivity index (χ0) is 10.8. The van der Waals surface area contributed by atoms with Gasteiger partial charge in [-0.1, -0.05) is 6.07 Å². The highest BCUT2D eigenvalue weighted by atomic mass is 16.2. The predicted octanol–water partition coefficient (Wildman–Crippen LogP) is 1.81. The van der Waals surface area contributed by atoms with Gasteiger partial charge in [-0.25, -0.2) is 0 Å². The topological polar surface area (TPSA) is 46.3 Å². The van der Waals surface area contributed by atoms with E-state index in [1.165, 1.54) is 0 Å². The Hall–Kier alpha value is -1.51. The van der Waals surface area contributed by atoms with Crippen LogP contribution in [0.5, 0.6) is 0 Å². The van der Waals surface area contributed by atoms with E-state index in [1.807, 2.05) is 30.0 Å². The number of anilines is 1. The zero-order valence-corrected chi connectivity index (χ0v) is 8.99. The van der Waals surface area contributed by atoms with Gasteiger partial charge in [-0.3, -0.25) is 4.79 Å². The fourth-order valence-corrected chi connectivity index (χ4v) is 1.98. The van der Waals surface area contributed by atoms with Crippen LogP contribution >= 0.6 is 0 Å². The maximum atomic E-state index is 12.1. The Morgan fingerprint density at radius 2 is 2.00 bits per heavy atom. The van der Waals surface area contributed by atoms with Crippen LogP contribution in [0.25, 0.3) is 0 Å². The highest BCUT2D eigenvalue weighted by Crippen LogP contribution is 2.19. The van der Waals surface area contributed by atoms with Crippen LogP contribution in [0, 0.1) is 6.92 Å². The predicted molar refractivity (Wildman–Crippen MR) is 60.7 cm³/mol. The van der Waals surface area contributed by atoms with Crippen molar-refractivity contribution in [2.24, 2.45) is 0 Å². The van der Waals surface area contributed by atoms with Gasteiger partial charge in [-0.15, -0.1) is 0 Å². The van der Waals surface area contributed by atoms with E-state index in [0.29, 0.717) is 5.69 Å². The molecule has 1 aliphatic heterocycles. The lowest BCUT2D eigenvalue weighted by Gasteiger charge is -2.17. The van der Waals surface area contributed by atoms with Gasteiger partial charge >= 0.3 is 0 Å². The summed E-state index contributed by atoms with van der Waals surface area (Å²) in [6.07, 6.45) is 2.24. The third kappa shape index (κ3) is 1.82. The molecular weight excluding hydrogens is 188 g/mol. The maximum Gasteiger partial charge on any atom is 0.254 e. The Bertz CT molecular complexity index is 381. The van der Waals surface area contributed by atoms with Crippen LogP contribution < -0.4 is 5.73 Å². The minimum atomic E-state index is 0.123. The largest absolute Gasteiger partial charge is 0.398 e. The molecule has 2 rings (SSSR count). The fourth-order valence-electron chi connectivity index (χ4n) is 1.98. The minimum absolute atomic E-state index is 0.123. The molecule has 15 heavy (non-hydrogen) atoms. The second-order valence-electron chi connectivity index (χ2n) is 4.02. The van der Waals surface area contributed by atoms with E-state index >= 15 is 0 Å². The summed E-state index contributed by atoms with van der Waals surface area (Å²) in [7, 11) is 0. The highest BCUT2D eigenvalue weighted by Gasteiger charge is 2.20. The molecule has 2 N–H and O–H groups in total. The number of likely N-dealkylation sites (tertiary alicyclic amines) is 1. The first kappa shape index (κ1) is 10.0. The van der Waals surface area contributed by atoms with E-state index in [4.69, 9.17) is 5.73 Å². The van der Waals surface area contributed by atoms with Gasteiger partial charge in [0.2, 0.25) is 0 Å². The lowest BCUT2D eigenvalue weighted by Crippen LogP contribution is -2.28. The van der Waals surface area contributed by atoms with Crippen LogP contribution in [0.2, 0.25) is 0 Å². The Kier molecular flexibility index (Phi) is 2.62. The smallest absolute Gasteiger partial charge is 0.254 e. The van der Waals surface area contributed by atoms with E-state index in [-0.39, 0.29) is 5.91 Å². The van der Waals surface area contributed by atoms with Crippen LogP contribution in [0.4, 0.5) is 5.69 Å². The van der Waals surface area contributed by atoms with E-state index in [1.54, 1.807) is 0 Å². The summed E-state index contributed by atoms with van der Waals surface area (Å²) in [5.41, 5.74) is 8.13. The molecule has 1 saturated heterocycles. The van der Waals surface area contributed by atoms with Gasteiger partial charge in [0.1, 0.15) is 0 Å². The molecule has 0 bridgehead atoms. The third-order valence-corrected chi connectivity index (χ3v) is 3.00. The van der Waals surface area contributed by atoms with Crippen LogP contribution in [0.1, 0.15) is 28.8 Å². The van der Waals surface area contributed by atoms with Gasteiger partial charge in [0, 0.05) is 24.3 Å². The second kappa shape index (κ2) is 3.93. The molecule has 1 aromatic rings. The van der Waals surface area contributed by atoms with Gasteiger partial charge in [0.15, 0.2) is 0 Å². The first-order chi connectivity index (χ1) is 7.20. The third-order valence-electron chi connectivity index (χ3n) is 3.00. The molecule has 1 aliphatic rings. The molecular formula is C12H16N2O. The van der Waals surface area contributed by atoms with Gasteiger partial charge in [-0.05, 0) is 37.5 Å². The maximum absolute atomic E-state index is 12.1. The minimum Gasteiger partial charge on any atom is -0.398 e. The molecule has 80 valence electrons. The number of carbonyl (C=O) groups excluding carboxylic acids is 1. The van der Waals surface area contributed by atoms with Crippen LogP contribution in [0.3, 0.4) is 0 Å². The van der Waals surface area contributed by atoms with Crippen LogP contribution in [-0.2, 0) is 0 Å². The Labute approximate surface area is 89.9 Å². The first-order valence-electron chi connectivity index (χ1n) is 5.34. The number of benzene rings is 1. The Balaban J connectivity index is 2.28. The molecule has 0 radical (unpaired) electrons. The number of carbonyl (C=O) groups is 1. The summed E-state index contributed by atoms with van der Waals surface area (Å²) >= 11 is 0.